The maximum atomic E-state index is 13.6. The van der Waals surface area contributed by atoms with Gasteiger partial charge < -0.3 is 10.2 Å². The molecule has 0 spiro atoms. The smallest absolute Gasteiger partial charge is 0.245 e. The van der Waals surface area contributed by atoms with Gasteiger partial charge in [0, 0.05) is 12.1 Å². The molecule has 1 aliphatic rings. The van der Waals surface area contributed by atoms with E-state index in [1.165, 1.54) is 17.0 Å². The van der Waals surface area contributed by atoms with Gasteiger partial charge >= 0.3 is 0 Å². The maximum absolute atomic E-state index is 13.6. The van der Waals surface area contributed by atoms with Crippen LogP contribution in [0.15, 0.2) is 18.2 Å². The summed E-state index contributed by atoms with van der Waals surface area (Å²) in [5, 5.41) is 2.47. The van der Waals surface area contributed by atoms with Crippen LogP contribution in [0.2, 0.25) is 0 Å². The number of halogens is 2. The van der Waals surface area contributed by atoms with Crippen molar-refractivity contribution in [1.82, 2.24) is 10.2 Å². The summed E-state index contributed by atoms with van der Waals surface area (Å²) in [7, 11) is 0. The number of carbonyl (C=O) groups is 2. The van der Waals surface area contributed by atoms with Gasteiger partial charge in [0.25, 0.3) is 0 Å². The highest BCUT2D eigenvalue weighted by molar-refractivity contribution is 5.97. The largest absolute Gasteiger partial charge is 0.345 e. The molecule has 1 saturated heterocycles. The molecule has 0 bridgehead atoms. The van der Waals surface area contributed by atoms with E-state index in [-0.39, 0.29) is 30.5 Å². The minimum atomic E-state index is -1.09. The average molecular weight is 268 g/mol. The number of nitrogens with zero attached hydrogens (tertiary/aromatic N) is 1. The number of hydrogen-bond acceptors (Lipinski definition) is 2. The number of nitrogens with one attached hydrogen (secondary N) is 1. The van der Waals surface area contributed by atoms with Crippen molar-refractivity contribution in [3.63, 3.8) is 0 Å². The fourth-order valence-corrected chi connectivity index (χ4v) is 2.03. The summed E-state index contributed by atoms with van der Waals surface area (Å²) in [4.78, 5) is 24.8. The number of carbonyl (C=O) groups excluding carboxylic acids is 2. The molecule has 1 aromatic rings. The van der Waals surface area contributed by atoms with Crippen LogP contribution in [0.4, 0.5) is 8.78 Å². The Labute approximate surface area is 109 Å². The van der Waals surface area contributed by atoms with Crippen molar-refractivity contribution in [2.24, 2.45) is 0 Å². The van der Waals surface area contributed by atoms with Crippen molar-refractivity contribution < 1.29 is 18.4 Å². The van der Waals surface area contributed by atoms with Crippen LogP contribution in [0.25, 0.3) is 0 Å². The monoisotopic (exact) mass is 268 g/mol. The normalized spacial score (nSPS) is 18.4. The first-order valence-corrected chi connectivity index (χ1v) is 5.85. The molecular weight excluding hydrogens is 254 g/mol. The molecule has 2 rings (SSSR count). The number of piperazine rings is 1. The van der Waals surface area contributed by atoms with Gasteiger partial charge in [0.2, 0.25) is 11.8 Å². The predicted octanol–water partition coefficient (Wildman–Crippen LogP) is 1.20. The quantitative estimate of drug-likeness (QED) is 0.876. The van der Waals surface area contributed by atoms with E-state index >= 15 is 0 Å². The third kappa shape index (κ3) is 2.30. The van der Waals surface area contributed by atoms with Crippen molar-refractivity contribution in [1.29, 1.82) is 0 Å². The molecule has 4 nitrogen and oxygen atoms in total. The molecule has 102 valence electrons. The summed E-state index contributed by atoms with van der Waals surface area (Å²) in [5.74, 6) is -2.60. The summed E-state index contributed by atoms with van der Waals surface area (Å²) in [6, 6.07) is 3.78. The van der Waals surface area contributed by atoms with Crippen molar-refractivity contribution in [3.8, 4) is 0 Å². The maximum Gasteiger partial charge on any atom is 0.245 e. The van der Waals surface area contributed by atoms with Crippen molar-refractivity contribution in [2.45, 2.75) is 25.9 Å². The SMILES string of the molecule is CC1(C)C(=O)NCC(=O)N1Cc1cccc(F)c1F. The van der Waals surface area contributed by atoms with Crippen LogP contribution >= 0.6 is 0 Å². The fourth-order valence-electron chi connectivity index (χ4n) is 2.03. The van der Waals surface area contributed by atoms with Gasteiger partial charge in [-0.3, -0.25) is 9.59 Å². The van der Waals surface area contributed by atoms with Gasteiger partial charge in [0.1, 0.15) is 5.54 Å². The summed E-state index contributed by atoms with van der Waals surface area (Å²) in [6.07, 6.45) is 0. The molecule has 0 aromatic heterocycles. The van der Waals surface area contributed by atoms with E-state index in [4.69, 9.17) is 0 Å². The lowest BCUT2D eigenvalue weighted by atomic mass is 9.97. The summed E-state index contributed by atoms with van der Waals surface area (Å²) in [6.45, 7) is 2.87. The second-order valence-corrected chi connectivity index (χ2v) is 4.93. The zero-order valence-corrected chi connectivity index (χ0v) is 10.7. The molecule has 19 heavy (non-hydrogen) atoms. The van der Waals surface area contributed by atoms with Crippen LogP contribution in [0.1, 0.15) is 19.4 Å². The van der Waals surface area contributed by atoms with Crippen LogP contribution < -0.4 is 5.32 Å². The predicted molar refractivity (Wildman–Crippen MR) is 64.0 cm³/mol. The van der Waals surface area contributed by atoms with Gasteiger partial charge in [-0.2, -0.15) is 0 Å². The first kappa shape index (κ1) is 13.5. The van der Waals surface area contributed by atoms with Gasteiger partial charge in [0.15, 0.2) is 11.6 Å². The third-order valence-corrected chi connectivity index (χ3v) is 3.29. The Balaban J connectivity index is 2.32. The first-order valence-electron chi connectivity index (χ1n) is 5.85. The average Bonchev–Trinajstić information content (AvgIpc) is 2.35. The van der Waals surface area contributed by atoms with Crippen molar-refractivity contribution in [2.75, 3.05) is 6.54 Å². The van der Waals surface area contributed by atoms with Crippen LogP contribution in [-0.2, 0) is 16.1 Å². The number of benzene rings is 1. The molecule has 0 atom stereocenters. The van der Waals surface area contributed by atoms with Gasteiger partial charge in [-0.05, 0) is 19.9 Å². The summed E-state index contributed by atoms with van der Waals surface area (Å²) >= 11 is 0. The van der Waals surface area contributed by atoms with Crippen LogP contribution in [-0.4, -0.2) is 28.8 Å². The molecule has 1 aromatic carbocycles. The molecule has 1 fully saturated rings. The second kappa shape index (κ2) is 4.60. The Morgan fingerprint density at radius 2 is 2.00 bits per heavy atom. The lowest BCUT2D eigenvalue weighted by Crippen LogP contribution is -2.63. The topological polar surface area (TPSA) is 49.4 Å². The lowest BCUT2D eigenvalue weighted by molar-refractivity contribution is -0.152. The van der Waals surface area contributed by atoms with E-state index in [2.05, 4.69) is 5.32 Å². The first-order chi connectivity index (χ1) is 8.84. The molecule has 1 heterocycles. The van der Waals surface area contributed by atoms with Gasteiger partial charge in [-0.1, -0.05) is 12.1 Å². The van der Waals surface area contributed by atoms with Gasteiger partial charge in [0.05, 0.1) is 6.54 Å². The van der Waals surface area contributed by atoms with E-state index in [9.17, 15) is 18.4 Å². The van der Waals surface area contributed by atoms with Gasteiger partial charge in [-0.25, -0.2) is 8.78 Å². The highest BCUT2D eigenvalue weighted by Gasteiger charge is 2.41. The van der Waals surface area contributed by atoms with Crippen LogP contribution in [0.5, 0.6) is 0 Å². The molecule has 6 heteroatoms. The molecule has 2 amide bonds. The number of hydrogen-bond donors (Lipinski definition) is 1. The third-order valence-electron chi connectivity index (χ3n) is 3.29. The number of rotatable bonds is 2. The van der Waals surface area contributed by atoms with Crippen molar-refractivity contribution >= 4 is 11.8 Å². The minimum Gasteiger partial charge on any atom is -0.345 e. The standard InChI is InChI=1S/C13H14F2N2O2/c1-13(2)12(19)16-6-10(18)17(13)7-8-4-3-5-9(14)11(8)15/h3-5H,6-7H2,1-2H3,(H,16,19). The summed E-state index contributed by atoms with van der Waals surface area (Å²) < 4.78 is 26.8. The van der Waals surface area contributed by atoms with Crippen molar-refractivity contribution in [3.05, 3.63) is 35.4 Å². The number of amides is 2. The Kier molecular flexibility index (Phi) is 3.26. The minimum absolute atomic E-state index is 0.0520. The lowest BCUT2D eigenvalue weighted by Gasteiger charge is -2.41. The Morgan fingerprint density at radius 3 is 2.68 bits per heavy atom. The fraction of sp³-hybridized carbons (Fsp3) is 0.385. The highest BCUT2D eigenvalue weighted by Crippen LogP contribution is 2.23. The Morgan fingerprint density at radius 1 is 1.32 bits per heavy atom. The Bertz CT molecular complexity index is 543. The molecular formula is C13H14F2N2O2. The zero-order valence-electron chi connectivity index (χ0n) is 10.7. The molecule has 1 aliphatic heterocycles. The molecule has 0 unspecified atom stereocenters. The second-order valence-electron chi connectivity index (χ2n) is 4.93. The van der Waals surface area contributed by atoms with E-state index < -0.39 is 17.2 Å². The summed E-state index contributed by atoms with van der Waals surface area (Å²) in [5.41, 5.74) is -1.04. The van der Waals surface area contributed by atoms with Gasteiger partial charge in [-0.15, -0.1) is 0 Å². The molecule has 0 aliphatic carbocycles. The van der Waals surface area contributed by atoms with Crippen LogP contribution in [0.3, 0.4) is 0 Å². The zero-order chi connectivity index (χ0) is 14.2. The molecule has 1 N–H and O–H groups in total. The van der Waals surface area contributed by atoms with E-state index in [1.54, 1.807) is 13.8 Å². The Hall–Kier alpha value is -1.98. The molecule has 0 saturated carbocycles. The van der Waals surface area contributed by atoms with Crippen LogP contribution in [0, 0.1) is 11.6 Å². The highest BCUT2D eigenvalue weighted by atomic mass is 19.2. The van der Waals surface area contributed by atoms with E-state index in [1.807, 2.05) is 0 Å². The van der Waals surface area contributed by atoms with E-state index in [0.29, 0.717) is 0 Å². The molecule has 0 radical (unpaired) electrons. The van der Waals surface area contributed by atoms with E-state index in [0.717, 1.165) is 6.07 Å².